The number of phenols is 1. The highest BCUT2D eigenvalue weighted by atomic mass is 16.5. The summed E-state index contributed by atoms with van der Waals surface area (Å²) in [6.07, 6.45) is 3.33. The molecule has 0 aliphatic carbocycles. The highest BCUT2D eigenvalue weighted by Gasteiger charge is 2.10. The smallest absolute Gasteiger partial charge is 0.200 e. The number of aryl methyl sites for hydroxylation is 1. The maximum Gasteiger partial charge on any atom is 0.200 e. The molecule has 0 bridgehead atoms. The molecule has 7 nitrogen and oxygen atoms in total. The van der Waals surface area contributed by atoms with E-state index in [1.54, 1.807) is 12.1 Å². The van der Waals surface area contributed by atoms with E-state index >= 15 is 0 Å². The number of nitrogens with zero attached hydrogens (tertiary/aromatic N) is 2. The molecule has 1 aromatic heterocycles. The lowest BCUT2D eigenvalue weighted by molar-refractivity contribution is 0.339. The average molecular weight is 292 g/mol. The predicted octanol–water partition coefficient (Wildman–Crippen LogP) is 1.25. The van der Waals surface area contributed by atoms with E-state index in [0.29, 0.717) is 18.0 Å². The molecule has 1 aromatic carbocycles. The summed E-state index contributed by atoms with van der Waals surface area (Å²) in [5.74, 6) is 1.74. The maximum absolute atomic E-state index is 9.84. The second-order valence-corrected chi connectivity index (χ2v) is 4.56. The summed E-state index contributed by atoms with van der Waals surface area (Å²) in [4.78, 5) is 4.07. The third-order valence-corrected chi connectivity index (χ3v) is 3.10. The van der Waals surface area contributed by atoms with Crippen LogP contribution in [0.5, 0.6) is 17.2 Å². The Labute approximate surface area is 123 Å². The van der Waals surface area contributed by atoms with Gasteiger partial charge in [0, 0.05) is 13.0 Å². The number of hydrogen-bond acceptors (Lipinski definition) is 6. The van der Waals surface area contributed by atoms with Gasteiger partial charge in [0.2, 0.25) is 5.75 Å². The van der Waals surface area contributed by atoms with Crippen LogP contribution in [-0.4, -0.2) is 41.1 Å². The minimum atomic E-state index is 0.0223. The van der Waals surface area contributed by atoms with Crippen LogP contribution in [0, 0.1) is 0 Å². The summed E-state index contributed by atoms with van der Waals surface area (Å²) in [6.45, 7) is 1.52. The van der Waals surface area contributed by atoms with Gasteiger partial charge in [-0.15, -0.1) is 0 Å². The number of methoxy groups -OCH3 is 2. The zero-order valence-electron chi connectivity index (χ0n) is 12.2. The van der Waals surface area contributed by atoms with Crippen LogP contribution in [0.1, 0.15) is 17.8 Å². The molecule has 114 valence electrons. The standard InChI is InChI=1S/C14H20N4O3/c1-20-11-6-10(7-12(21-2)14(11)19)8-15-5-3-4-13-16-9-17-18-13/h6-7,9,15,19H,3-5,8H2,1-2H3,(H,16,17,18). The Bertz CT molecular complexity index is 532. The minimum Gasteiger partial charge on any atom is -0.502 e. The molecule has 0 amide bonds. The molecule has 0 radical (unpaired) electrons. The Morgan fingerprint density at radius 2 is 1.95 bits per heavy atom. The van der Waals surface area contributed by atoms with Gasteiger partial charge in [-0.05, 0) is 30.7 Å². The van der Waals surface area contributed by atoms with E-state index in [1.165, 1.54) is 20.5 Å². The van der Waals surface area contributed by atoms with Gasteiger partial charge in [0.25, 0.3) is 0 Å². The number of aromatic amines is 1. The molecular formula is C14H20N4O3. The van der Waals surface area contributed by atoms with Gasteiger partial charge in [-0.3, -0.25) is 5.10 Å². The lowest BCUT2D eigenvalue weighted by Gasteiger charge is -2.11. The number of nitrogens with one attached hydrogen (secondary N) is 2. The lowest BCUT2D eigenvalue weighted by Crippen LogP contribution is -2.15. The van der Waals surface area contributed by atoms with Crippen molar-refractivity contribution in [3.8, 4) is 17.2 Å². The molecule has 3 N–H and O–H groups in total. The molecule has 0 aliphatic rings. The molecule has 7 heteroatoms. The Hall–Kier alpha value is -2.28. The van der Waals surface area contributed by atoms with E-state index in [0.717, 1.165) is 30.8 Å². The van der Waals surface area contributed by atoms with E-state index in [9.17, 15) is 5.11 Å². The van der Waals surface area contributed by atoms with Crippen LogP contribution in [0.4, 0.5) is 0 Å². The fourth-order valence-electron chi connectivity index (χ4n) is 2.01. The van der Waals surface area contributed by atoms with Gasteiger partial charge >= 0.3 is 0 Å². The largest absolute Gasteiger partial charge is 0.502 e. The zero-order valence-corrected chi connectivity index (χ0v) is 12.2. The molecule has 21 heavy (non-hydrogen) atoms. The number of rotatable bonds is 8. The number of aromatic hydroxyl groups is 1. The number of benzene rings is 1. The quantitative estimate of drug-likeness (QED) is 0.634. The van der Waals surface area contributed by atoms with Gasteiger partial charge in [-0.25, -0.2) is 4.98 Å². The van der Waals surface area contributed by atoms with Gasteiger partial charge in [0.05, 0.1) is 14.2 Å². The van der Waals surface area contributed by atoms with Crippen molar-refractivity contribution >= 4 is 0 Å². The van der Waals surface area contributed by atoms with Crippen molar-refractivity contribution in [3.63, 3.8) is 0 Å². The SMILES string of the molecule is COc1cc(CNCCCc2ncn[nH]2)cc(OC)c1O. The first-order chi connectivity index (χ1) is 10.2. The van der Waals surface area contributed by atoms with E-state index in [2.05, 4.69) is 20.5 Å². The minimum absolute atomic E-state index is 0.0223. The normalized spacial score (nSPS) is 10.6. The van der Waals surface area contributed by atoms with E-state index < -0.39 is 0 Å². The summed E-state index contributed by atoms with van der Waals surface area (Å²) >= 11 is 0. The fourth-order valence-corrected chi connectivity index (χ4v) is 2.01. The Kier molecular flexibility index (Phi) is 5.39. The van der Waals surface area contributed by atoms with Gasteiger partial charge in [-0.1, -0.05) is 0 Å². The molecule has 0 fully saturated rings. The van der Waals surface area contributed by atoms with Crippen LogP contribution in [0.25, 0.3) is 0 Å². The van der Waals surface area contributed by atoms with Gasteiger partial charge < -0.3 is 19.9 Å². The molecule has 2 aromatic rings. The van der Waals surface area contributed by atoms with Crippen LogP contribution in [-0.2, 0) is 13.0 Å². The number of ether oxygens (including phenoxy) is 2. The highest BCUT2D eigenvalue weighted by molar-refractivity contribution is 5.52. The summed E-state index contributed by atoms with van der Waals surface area (Å²) in [5.41, 5.74) is 0.987. The van der Waals surface area contributed by atoms with E-state index in [-0.39, 0.29) is 5.75 Å². The maximum atomic E-state index is 9.84. The van der Waals surface area contributed by atoms with E-state index in [4.69, 9.17) is 9.47 Å². The van der Waals surface area contributed by atoms with Crippen molar-refractivity contribution in [1.82, 2.24) is 20.5 Å². The first-order valence-electron chi connectivity index (χ1n) is 6.73. The van der Waals surface area contributed by atoms with E-state index in [1.807, 2.05) is 0 Å². The van der Waals surface area contributed by atoms with Crippen LogP contribution >= 0.6 is 0 Å². The van der Waals surface area contributed by atoms with Gasteiger partial charge in [0.1, 0.15) is 12.2 Å². The summed E-state index contributed by atoms with van der Waals surface area (Å²) < 4.78 is 10.3. The van der Waals surface area contributed by atoms with Gasteiger partial charge in [-0.2, -0.15) is 5.10 Å². The van der Waals surface area contributed by atoms with Crippen LogP contribution in [0.2, 0.25) is 0 Å². The molecule has 0 saturated heterocycles. The molecule has 0 unspecified atom stereocenters. The summed E-state index contributed by atoms with van der Waals surface area (Å²) in [6, 6.07) is 3.59. The number of hydrogen-bond donors (Lipinski definition) is 3. The first kappa shape index (κ1) is 15.1. The van der Waals surface area contributed by atoms with Crippen LogP contribution in [0.3, 0.4) is 0 Å². The van der Waals surface area contributed by atoms with Crippen LogP contribution < -0.4 is 14.8 Å². The zero-order chi connectivity index (χ0) is 15.1. The number of aromatic nitrogens is 3. The Balaban J connectivity index is 1.82. The molecule has 0 atom stereocenters. The monoisotopic (exact) mass is 292 g/mol. The molecule has 1 heterocycles. The Morgan fingerprint density at radius 1 is 1.24 bits per heavy atom. The second kappa shape index (κ2) is 7.49. The second-order valence-electron chi connectivity index (χ2n) is 4.56. The Morgan fingerprint density at radius 3 is 2.52 bits per heavy atom. The molecule has 0 spiro atoms. The topological polar surface area (TPSA) is 92.3 Å². The van der Waals surface area contributed by atoms with Crippen molar-refractivity contribution in [2.24, 2.45) is 0 Å². The molecule has 0 aliphatic heterocycles. The van der Waals surface area contributed by atoms with Crippen molar-refractivity contribution in [2.75, 3.05) is 20.8 Å². The lowest BCUT2D eigenvalue weighted by atomic mass is 10.1. The van der Waals surface area contributed by atoms with Crippen molar-refractivity contribution in [2.45, 2.75) is 19.4 Å². The van der Waals surface area contributed by atoms with Crippen LogP contribution in [0.15, 0.2) is 18.5 Å². The number of phenolic OH excluding ortho intramolecular Hbond substituents is 1. The molecular weight excluding hydrogens is 272 g/mol. The highest BCUT2D eigenvalue weighted by Crippen LogP contribution is 2.36. The van der Waals surface area contributed by atoms with Crippen molar-refractivity contribution in [1.29, 1.82) is 0 Å². The molecule has 2 rings (SSSR count). The average Bonchev–Trinajstić information content (AvgIpc) is 3.01. The van der Waals surface area contributed by atoms with Crippen molar-refractivity contribution < 1.29 is 14.6 Å². The third-order valence-electron chi connectivity index (χ3n) is 3.10. The third kappa shape index (κ3) is 4.09. The fraction of sp³-hybridized carbons (Fsp3) is 0.429. The first-order valence-corrected chi connectivity index (χ1v) is 6.73. The predicted molar refractivity (Wildman–Crippen MR) is 77.6 cm³/mol. The summed E-state index contributed by atoms with van der Waals surface area (Å²) in [7, 11) is 3.03. The van der Waals surface area contributed by atoms with Gasteiger partial charge in [0.15, 0.2) is 11.5 Å². The number of H-pyrrole nitrogens is 1. The van der Waals surface area contributed by atoms with Crippen molar-refractivity contribution in [3.05, 3.63) is 29.8 Å². The molecule has 0 saturated carbocycles. The summed E-state index contributed by atoms with van der Waals surface area (Å²) in [5, 5.41) is 19.8.